The number of carbonyl (C=O) groups excluding carboxylic acids is 1. The third-order valence-electron chi connectivity index (χ3n) is 3.81. The molecular weight excluding hydrogens is 361 g/mol. The molecule has 1 N–H and O–H groups in total. The summed E-state index contributed by atoms with van der Waals surface area (Å²) < 4.78 is 50.1. The van der Waals surface area contributed by atoms with Crippen molar-refractivity contribution in [2.45, 2.75) is 32.5 Å². The van der Waals surface area contributed by atoms with Gasteiger partial charge in [-0.15, -0.1) is 0 Å². The Bertz CT molecular complexity index is 1010. The molecule has 27 heavy (non-hydrogen) atoms. The van der Waals surface area contributed by atoms with Crippen LogP contribution in [0.15, 0.2) is 47.1 Å². The number of aromatic hydroxyl groups is 1. The Hall–Kier alpha value is -2.96. The molecule has 4 nitrogen and oxygen atoms in total. The lowest BCUT2D eigenvalue weighted by Gasteiger charge is -2.20. The SMILES string of the molecule is CC(C)(C)OC(=O)c1ccc(-c2cc(C(F)(F)F)cc3ccoc23)cc1O. The summed E-state index contributed by atoms with van der Waals surface area (Å²) in [6, 6.07) is 7.36. The van der Waals surface area contributed by atoms with Crippen LogP contribution < -0.4 is 0 Å². The first-order chi connectivity index (χ1) is 12.5. The van der Waals surface area contributed by atoms with Gasteiger partial charge in [-0.1, -0.05) is 6.07 Å². The summed E-state index contributed by atoms with van der Waals surface area (Å²) in [6.07, 6.45) is -3.23. The molecule has 0 aliphatic carbocycles. The Morgan fingerprint density at radius 2 is 1.78 bits per heavy atom. The minimum absolute atomic E-state index is 0.0728. The van der Waals surface area contributed by atoms with Gasteiger partial charge < -0.3 is 14.3 Å². The average molecular weight is 378 g/mol. The number of rotatable bonds is 2. The Kier molecular flexibility index (Phi) is 4.41. The fraction of sp³-hybridized carbons (Fsp3) is 0.250. The van der Waals surface area contributed by atoms with E-state index in [9.17, 15) is 23.1 Å². The molecule has 0 aliphatic heterocycles. The van der Waals surface area contributed by atoms with Crippen molar-refractivity contribution in [2.75, 3.05) is 0 Å². The first kappa shape index (κ1) is 18.8. The van der Waals surface area contributed by atoms with Crippen LogP contribution in [0.5, 0.6) is 5.75 Å². The zero-order chi connectivity index (χ0) is 20.0. The van der Waals surface area contributed by atoms with Crippen LogP contribution in [0.3, 0.4) is 0 Å². The molecule has 0 fully saturated rings. The second-order valence-electron chi connectivity index (χ2n) is 7.09. The van der Waals surface area contributed by atoms with Crippen molar-refractivity contribution in [3.8, 4) is 16.9 Å². The summed E-state index contributed by atoms with van der Waals surface area (Å²) in [5.41, 5.74) is -0.948. The molecule has 0 atom stereocenters. The minimum Gasteiger partial charge on any atom is -0.507 e. The van der Waals surface area contributed by atoms with Crippen LogP contribution in [0.4, 0.5) is 13.2 Å². The van der Waals surface area contributed by atoms with Gasteiger partial charge in [-0.05, 0) is 56.7 Å². The van der Waals surface area contributed by atoms with E-state index in [1.165, 1.54) is 30.5 Å². The largest absolute Gasteiger partial charge is 0.507 e. The van der Waals surface area contributed by atoms with E-state index in [1.54, 1.807) is 20.8 Å². The van der Waals surface area contributed by atoms with Crippen molar-refractivity contribution in [1.82, 2.24) is 0 Å². The molecule has 0 aliphatic rings. The summed E-state index contributed by atoms with van der Waals surface area (Å²) in [5, 5.41) is 10.5. The standard InChI is InChI=1S/C20H17F3O4/c1-19(2,3)27-18(25)14-5-4-11(9-16(14)24)15-10-13(20(21,22)23)8-12-6-7-26-17(12)15/h4-10,24H,1-3H3. The van der Waals surface area contributed by atoms with Gasteiger partial charge in [0.2, 0.25) is 0 Å². The Morgan fingerprint density at radius 1 is 1.07 bits per heavy atom. The number of halogens is 3. The van der Waals surface area contributed by atoms with E-state index in [1.807, 2.05) is 0 Å². The van der Waals surface area contributed by atoms with Gasteiger partial charge in [0, 0.05) is 10.9 Å². The van der Waals surface area contributed by atoms with Crippen LogP contribution in [0.25, 0.3) is 22.1 Å². The quantitative estimate of drug-likeness (QED) is 0.574. The average Bonchev–Trinajstić information content (AvgIpc) is 2.99. The number of esters is 1. The number of hydrogen-bond donors (Lipinski definition) is 1. The fourth-order valence-corrected chi connectivity index (χ4v) is 2.66. The molecule has 0 bridgehead atoms. The smallest absolute Gasteiger partial charge is 0.416 e. The number of fused-ring (bicyclic) bond motifs is 1. The van der Waals surface area contributed by atoms with Gasteiger partial charge in [0.25, 0.3) is 0 Å². The van der Waals surface area contributed by atoms with Gasteiger partial charge in [0.15, 0.2) is 0 Å². The van der Waals surface area contributed by atoms with E-state index in [-0.39, 0.29) is 33.4 Å². The van der Waals surface area contributed by atoms with E-state index in [2.05, 4.69) is 0 Å². The number of hydrogen-bond acceptors (Lipinski definition) is 4. The second kappa shape index (κ2) is 6.33. The van der Waals surface area contributed by atoms with Crippen LogP contribution in [0.1, 0.15) is 36.7 Å². The predicted octanol–water partition coefficient (Wildman–Crippen LogP) is 5.78. The molecule has 7 heteroatoms. The van der Waals surface area contributed by atoms with Crippen molar-refractivity contribution in [3.63, 3.8) is 0 Å². The van der Waals surface area contributed by atoms with E-state index in [0.29, 0.717) is 0 Å². The summed E-state index contributed by atoms with van der Waals surface area (Å²) in [6.45, 7) is 5.06. The van der Waals surface area contributed by atoms with Crippen LogP contribution in [0.2, 0.25) is 0 Å². The maximum atomic E-state index is 13.2. The molecular formula is C20H17F3O4. The zero-order valence-electron chi connectivity index (χ0n) is 14.8. The maximum absolute atomic E-state index is 13.2. The lowest BCUT2D eigenvalue weighted by molar-refractivity contribution is -0.137. The number of alkyl halides is 3. The van der Waals surface area contributed by atoms with E-state index >= 15 is 0 Å². The molecule has 1 heterocycles. The van der Waals surface area contributed by atoms with Crippen molar-refractivity contribution in [1.29, 1.82) is 0 Å². The third kappa shape index (κ3) is 3.92. The Morgan fingerprint density at radius 3 is 2.37 bits per heavy atom. The van der Waals surface area contributed by atoms with Gasteiger partial charge >= 0.3 is 12.1 Å². The number of ether oxygens (including phenoxy) is 1. The molecule has 0 saturated heterocycles. The van der Waals surface area contributed by atoms with Crippen LogP contribution in [0, 0.1) is 0 Å². The van der Waals surface area contributed by atoms with E-state index in [0.717, 1.165) is 12.1 Å². The molecule has 142 valence electrons. The molecule has 0 saturated carbocycles. The van der Waals surface area contributed by atoms with E-state index in [4.69, 9.17) is 9.15 Å². The van der Waals surface area contributed by atoms with Crippen LogP contribution in [-0.2, 0) is 10.9 Å². The summed E-state index contributed by atoms with van der Waals surface area (Å²) in [5.74, 6) is -1.11. The summed E-state index contributed by atoms with van der Waals surface area (Å²) in [4.78, 5) is 12.1. The highest BCUT2D eigenvalue weighted by Crippen LogP contribution is 2.39. The second-order valence-corrected chi connectivity index (χ2v) is 7.09. The normalized spacial score (nSPS) is 12.4. The lowest BCUT2D eigenvalue weighted by atomic mass is 9.98. The third-order valence-corrected chi connectivity index (χ3v) is 3.81. The first-order valence-electron chi connectivity index (χ1n) is 8.11. The number of carbonyl (C=O) groups is 1. The predicted molar refractivity (Wildman–Crippen MR) is 93.5 cm³/mol. The molecule has 0 radical (unpaired) electrons. The zero-order valence-corrected chi connectivity index (χ0v) is 14.8. The molecule has 2 aromatic carbocycles. The molecule has 3 rings (SSSR count). The topological polar surface area (TPSA) is 59.7 Å². The monoisotopic (exact) mass is 378 g/mol. The van der Waals surface area contributed by atoms with Crippen molar-refractivity contribution in [2.24, 2.45) is 0 Å². The lowest BCUT2D eigenvalue weighted by Crippen LogP contribution is -2.23. The van der Waals surface area contributed by atoms with Gasteiger partial charge in [-0.3, -0.25) is 0 Å². The molecule has 0 amide bonds. The minimum atomic E-state index is -4.53. The molecule has 0 spiro atoms. The number of furan rings is 1. The molecule has 3 aromatic rings. The van der Waals surface area contributed by atoms with Gasteiger partial charge in [0.05, 0.1) is 11.8 Å². The molecule has 0 unspecified atom stereocenters. The highest BCUT2D eigenvalue weighted by Gasteiger charge is 2.32. The number of phenolic OH excluding ortho intramolecular Hbond substituents is 1. The van der Waals surface area contributed by atoms with Crippen molar-refractivity contribution in [3.05, 3.63) is 53.8 Å². The maximum Gasteiger partial charge on any atom is 0.416 e. The van der Waals surface area contributed by atoms with Crippen LogP contribution in [-0.4, -0.2) is 16.7 Å². The highest BCUT2D eigenvalue weighted by atomic mass is 19.4. The van der Waals surface area contributed by atoms with Crippen LogP contribution >= 0.6 is 0 Å². The van der Waals surface area contributed by atoms with Crippen molar-refractivity contribution >= 4 is 16.9 Å². The first-order valence-corrected chi connectivity index (χ1v) is 8.11. The Labute approximate surface area is 153 Å². The van der Waals surface area contributed by atoms with Gasteiger partial charge in [0.1, 0.15) is 22.5 Å². The highest BCUT2D eigenvalue weighted by molar-refractivity contribution is 5.96. The van der Waals surface area contributed by atoms with Crippen molar-refractivity contribution < 1.29 is 32.2 Å². The van der Waals surface area contributed by atoms with Gasteiger partial charge in [-0.25, -0.2) is 4.79 Å². The fourth-order valence-electron chi connectivity index (χ4n) is 2.66. The summed E-state index contributed by atoms with van der Waals surface area (Å²) >= 11 is 0. The number of phenols is 1. The van der Waals surface area contributed by atoms with Gasteiger partial charge in [-0.2, -0.15) is 13.2 Å². The van der Waals surface area contributed by atoms with E-state index < -0.39 is 23.3 Å². The summed E-state index contributed by atoms with van der Waals surface area (Å²) in [7, 11) is 0. The number of benzene rings is 2. The Balaban J connectivity index is 2.09. The molecule has 1 aromatic heterocycles.